The number of hydrogen-bond acceptors (Lipinski definition) is 3. The van der Waals surface area contributed by atoms with Gasteiger partial charge < -0.3 is 10.3 Å². The van der Waals surface area contributed by atoms with E-state index in [9.17, 15) is 0 Å². The first-order valence-corrected chi connectivity index (χ1v) is 7.88. The highest BCUT2D eigenvalue weighted by Crippen LogP contribution is 2.30. The second-order valence-corrected chi connectivity index (χ2v) is 5.87. The number of nitrogens with zero attached hydrogens (tertiary/aromatic N) is 2. The fraction of sp³-hybridized carbons (Fsp3) is 0.312. The van der Waals surface area contributed by atoms with Crippen molar-refractivity contribution in [1.82, 2.24) is 9.55 Å². The minimum absolute atomic E-state index is 0.0842. The second kappa shape index (κ2) is 5.38. The highest BCUT2D eigenvalue weighted by Gasteiger charge is 2.24. The van der Waals surface area contributed by atoms with Gasteiger partial charge in [0.05, 0.1) is 17.1 Å². The van der Waals surface area contributed by atoms with E-state index in [1.165, 1.54) is 5.56 Å². The SMILES string of the molecule is CCC(N)C(c1ccsc1)n1c(C)nc2ccccc21. The van der Waals surface area contributed by atoms with Crippen molar-refractivity contribution in [2.45, 2.75) is 32.4 Å². The Morgan fingerprint density at radius 1 is 1.30 bits per heavy atom. The quantitative estimate of drug-likeness (QED) is 0.793. The van der Waals surface area contributed by atoms with Crippen molar-refractivity contribution >= 4 is 22.4 Å². The molecule has 104 valence electrons. The van der Waals surface area contributed by atoms with Gasteiger partial charge in [0.2, 0.25) is 0 Å². The van der Waals surface area contributed by atoms with Crippen molar-refractivity contribution in [3.63, 3.8) is 0 Å². The summed E-state index contributed by atoms with van der Waals surface area (Å²) in [6.45, 7) is 4.19. The highest BCUT2D eigenvalue weighted by atomic mass is 32.1. The lowest BCUT2D eigenvalue weighted by atomic mass is 10.00. The first-order chi connectivity index (χ1) is 9.72. The predicted molar refractivity (Wildman–Crippen MR) is 85.2 cm³/mol. The van der Waals surface area contributed by atoms with E-state index < -0.39 is 0 Å². The van der Waals surface area contributed by atoms with Gasteiger partial charge in [-0.05, 0) is 47.9 Å². The standard InChI is InChI=1S/C16H19N3S/c1-3-13(17)16(12-8-9-20-10-12)19-11(2)18-14-6-4-5-7-15(14)19/h4-10,13,16H,3,17H2,1-2H3. The Morgan fingerprint density at radius 3 is 2.80 bits per heavy atom. The van der Waals surface area contributed by atoms with Crippen LogP contribution in [0, 0.1) is 6.92 Å². The molecule has 0 aliphatic heterocycles. The highest BCUT2D eigenvalue weighted by molar-refractivity contribution is 7.08. The van der Waals surface area contributed by atoms with Crippen LogP contribution in [-0.4, -0.2) is 15.6 Å². The zero-order valence-corrected chi connectivity index (χ0v) is 12.6. The van der Waals surface area contributed by atoms with E-state index in [4.69, 9.17) is 5.73 Å². The molecule has 4 heteroatoms. The molecule has 0 radical (unpaired) electrons. The van der Waals surface area contributed by atoms with Gasteiger partial charge in [-0.25, -0.2) is 4.98 Å². The molecule has 2 aromatic heterocycles. The second-order valence-electron chi connectivity index (χ2n) is 5.09. The van der Waals surface area contributed by atoms with Gasteiger partial charge in [0.1, 0.15) is 5.82 Å². The van der Waals surface area contributed by atoms with Crippen LogP contribution in [0.4, 0.5) is 0 Å². The Kier molecular flexibility index (Phi) is 3.59. The molecule has 2 unspecified atom stereocenters. The van der Waals surface area contributed by atoms with E-state index in [1.54, 1.807) is 11.3 Å². The third-order valence-electron chi connectivity index (χ3n) is 3.81. The van der Waals surface area contributed by atoms with Gasteiger partial charge in [-0.15, -0.1) is 0 Å². The van der Waals surface area contributed by atoms with Crippen molar-refractivity contribution in [3.05, 3.63) is 52.5 Å². The zero-order chi connectivity index (χ0) is 14.1. The van der Waals surface area contributed by atoms with Gasteiger partial charge in [0.15, 0.2) is 0 Å². The van der Waals surface area contributed by atoms with Crippen LogP contribution in [0.2, 0.25) is 0 Å². The van der Waals surface area contributed by atoms with E-state index in [1.807, 2.05) is 6.07 Å². The molecule has 0 aliphatic carbocycles. The molecule has 20 heavy (non-hydrogen) atoms. The number of rotatable bonds is 4. The fourth-order valence-electron chi connectivity index (χ4n) is 2.77. The number of imidazole rings is 1. The molecule has 0 saturated heterocycles. The summed E-state index contributed by atoms with van der Waals surface area (Å²) in [7, 11) is 0. The van der Waals surface area contributed by atoms with E-state index in [2.05, 4.69) is 58.4 Å². The molecule has 2 atom stereocenters. The molecule has 0 aliphatic rings. The summed E-state index contributed by atoms with van der Waals surface area (Å²) >= 11 is 1.72. The Morgan fingerprint density at radius 2 is 2.10 bits per heavy atom. The van der Waals surface area contributed by atoms with E-state index in [-0.39, 0.29) is 12.1 Å². The molecule has 0 amide bonds. The van der Waals surface area contributed by atoms with Gasteiger partial charge in [-0.1, -0.05) is 19.1 Å². The van der Waals surface area contributed by atoms with Crippen molar-refractivity contribution in [1.29, 1.82) is 0 Å². The molecule has 0 fully saturated rings. The lowest BCUT2D eigenvalue weighted by Gasteiger charge is -2.26. The maximum Gasteiger partial charge on any atom is 0.107 e. The first-order valence-electron chi connectivity index (χ1n) is 6.93. The molecular formula is C16H19N3S. The largest absolute Gasteiger partial charge is 0.326 e. The van der Waals surface area contributed by atoms with Crippen LogP contribution >= 0.6 is 11.3 Å². The lowest BCUT2D eigenvalue weighted by molar-refractivity contribution is 0.461. The first kappa shape index (κ1) is 13.3. The Balaban J connectivity index is 2.21. The minimum atomic E-state index is 0.0842. The number of hydrogen-bond donors (Lipinski definition) is 1. The number of fused-ring (bicyclic) bond motifs is 1. The number of nitrogens with two attached hydrogens (primary N) is 1. The van der Waals surface area contributed by atoms with Gasteiger partial charge in [-0.3, -0.25) is 0 Å². The van der Waals surface area contributed by atoms with E-state index in [0.29, 0.717) is 0 Å². The summed E-state index contributed by atoms with van der Waals surface area (Å²) in [6.07, 6.45) is 0.937. The summed E-state index contributed by atoms with van der Waals surface area (Å²) in [5, 5.41) is 4.30. The maximum absolute atomic E-state index is 6.42. The Labute approximate surface area is 123 Å². The van der Waals surface area contributed by atoms with Crippen LogP contribution in [0.25, 0.3) is 11.0 Å². The maximum atomic E-state index is 6.42. The summed E-state index contributed by atoms with van der Waals surface area (Å²) in [5.74, 6) is 1.02. The summed E-state index contributed by atoms with van der Waals surface area (Å²) in [5.41, 5.74) is 9.88. The smallest absolute Gasteiger partial charge is 0.107 e. The normalized spacial score (nSPS) is 14.6. The number of benzene rings is 1. The van der Waals surface area contributed by atoms with Crippen LogP contribution in [0.5, 0.6) is 0 Å². The molecule has 2 heterocycles. The van der Waals surface area contributed by atoms with E-state index >= 15 is 0 Å². The molecule has 3 nitrogen and oxygen atoms in total. The summed E-state index contributed by atoms with van der Waals surface area (Å²) < 4.78 is 2.28. The summed E-state index contributed by atoms with van der Waals surface area (Å²) in [4.78, 5) is 4.67. The fourth-order valence-corrected chi connectivity index (χ4v) is 3.46. The average Bonchev–Trinajstić information content (AvgIpc) is 3.08. The van der Waals surface area contributed by atoms with Gasteiger partial charge in [-0.2, -0.15) is 11.3 Å². The monoisotopic (exact) mass is 285 g/mol. The zero-order valence-electron chi connectivity index (χ0n) is 11.8. The van der Waals surface area contributed by atoms with Crippen LogP contribution < -0.4 is 5.73 Å². The van der Waals surface area contributed by atoms with Gasteiger partial charge in [0, 0.05) is 6.04 Å². The van der Waals surface area contributed by atoms with Crippen LogP contribution in [-0.2, 0) is 0 Å². The average molecular weight is 285 g/mol. The van der Waals surface area contributed by atoms with Gasteiger partial charge in [0.25, 0.3) is 0 Å². The van der Waals surface area contributed by atoms with E-state index in [0.717, 1.165) is 23.3 Å². The molecule has 0 bridgehead atoms. The topological polar surface area (TPSA) is 43.8 Å². The van der Waals surface area contributed by atoms with Crippen LogP contribution in [0.15, 0.2) is 41.1 Å². The third kappa shape index (κ3) is 2.15. The number of thiophene rings is 1. The molecule has 3 aromatic rings. The van der Waals surface area contributed by atoms with Crippen molar-refractivity contribution in [3.8, 4) is 0 Å². The third-order valence-corrected chi connectivity index (χ3v) is 4.51. The molecule has 3 rings (SSSR count). The minimum Gasteiger partial charge on any atom is -0.326 e. The van der Waals surface area contributed by atoms with Crippen LogP contribution in [0.1, 0.15) is 30.8 Å². The molecule has 0 spiro atoms. The van der Waals surface area contributed by atoms with Gasteiger partial charge >= 0.3 is 0 Å². The lowest BCUT2D eigenvalue weighted by Crippen LogP contribution is -2.32. The molecule has 2 N–H and O–H groups in total. The predicted octanol–water partition coefficient (Wildman–Crippen LogP) is 3.73. The van der Waals surface area contributed by atoms with Crippen LogP contribution in [0.3, 0.4) is 0 Å². The van der Waals surface area contributed by atoms with Crippen molar-refractivity contribution in [2.24, 2.45) is 5.73 Å². The molecule has 1 aromatic carbocycles. The number of para-hydroxylation sites is 2. The Hall–Kier alpha value is -1.65. The number of aromatic nitrogens is 2. The summed E-state index contributed by atoms with van der Waals surface area (Å²) in [6, 6.07) is 10.7. The molecule has 0 saturated carbocycles. The number of aryl methyl sites for hydroxylation is 1. The van der Waals surface area contributed by atoms with Crippen molar-refractivity contribution < 1.29 is 0 Å². The van der Waals surface area contributed by atoms with Crippen molar-refractivity contribution in [2.75, 3.05) is 0 Å². The molecular weight excluding hydrogens is 266 g/mol. The Bertz CT molecular complexity index is 700.